The fourth-order valence-corrected chi connectivity index (χ4v) is 1.18. The van der Waals surface area contributed by atoms with E-state index in [0.717, 1.165) is 0 Å². The number of alkyl halides is 13. The van der Waals surface area contributed by atoms with Crippen molar-refractivity contribution in [2.24, 2.45) is 0 Å². The zero-order valence-electron chi connectivity index (χ0n) is 10.7. The summed E-state index contributed by atoms with van der Waals surface area (Å²) in [6.45, 7) is -1.73. The molecule has 0 radical (unpaired) electrons. The number of halogens is 13. The maximum atomic E-state index is 13.0. The number of hydrogen-bond donors (Lipinski definition) is 0. The van der Waals surface area contributed by atoms with Gasteiger partial charge in [-0.15, -0.1) is 0 Å². The molecule has 0 atom stereocenters. The molecule has 0 spiro atoms. The molecule has 0 N–H and O–H groups in total. The van der Waals surface area contributed by atoms with Crippen molar-refractivity contribution < 1.29 is 61.8 Å². The molecule has 0 aliphatic carbocycles. The summed E-state index contributed by atoms with van der Waals surface area (Å²) in [5.74, 6) is -37.0. The highest BCUT2D eigenvalue weighted by molar-refractivity contribution is 5.10. The van der Waals surface area contributed by atoms with Gasteiger partial charge in [0, 0.05) is 0 Å². The number of nitriles is 1. The maximum Gasteiger partial charge on any atom is 0.460 e. The third kappa shape index (κ3) is 3.14. The summed E-state index contributed by atoms with van der Waals surface area (Å²) in [4.78, 5) is 0. The second-order valence-corrected chi connectivity index (χ2v) is 4.19. The van der Waals surface area contributed by atoms with Gasteiger partial charge in [0.05, 0.1) is 6.42 Å². The number of hydrogen-bond acceptors (Lipinski definition) is 2. The van der Waals surface area contributed by atoms with Crippen molar-refractivity contribution in [1.82, 2.24) is 0 Å². The minimum absolute atomic E-state index is 0.622. The van der Waals surface area contributed by atoms with Crippen LogP contribution in [0.1, 0.15) is 6.42 Å². The molecule has 0 aliphatic heterocycles. The highest BCUT2D eigenvalue weighted by atomic mass is 19.4. The Kier molecular flexibility index (Phi) is 5.62. The van der Waals surface area contributed by atoms with Crippen LogP contribution in [-0.4, -0.2) is 42.4 Å². The molecule has 0 aromatic carbocycles. The molecule has 0 aromatic rings. The van der Waals surface area contributed by atoms with Crippen LogP contribution in [0.15, 0.2) is 0 Å². The van der Waals surface area contributed by atoms with Gasteiger partial charge in [-0.25, -0.2) is 0 Å². The van der Waals surface area contributed by atoms with Crippen LogP contribution in [0.4, 0.5) is 57.1 Å². The van der Waals surface area contributed by atoms with Gasteiger partial charge in [-0.1, -0.05) is 0 Å². The molecule has 24 heavy (non-hydrogen) atoms. The van der Waals surface area contributed by atoms with Gasteiger partial charge in [0.2, 0.25) is 0 Å². The zero-order valence-corrected chi connectivity index (χ0v) is 10.7. The van der Waals surface area contributed by atoms with E-state index in [9.17, 15) is 57.1 Å². The maximum absolute atomic E-state index is 13.0. The average molecular weight is 389 g/mol. The highest BCUT2D eigenvalue weighted by Gasteiger charge is 2.90. The Morgan fingerprint density at radius 1 is 0.625 bits per heavy atom. The van der Waals surface area contributed by atoms with E-state index < -0.39 is 48.8 Å². The Morgan fingerprint density at radius 2 is 1.00 bits per heavy atom. The zero-order chi connectivity index (χ0) is 19.8. The number of ether oxygens (including phenoxy) is 1. The molecule has 0 heterocycles. The summed E-state index contributed by atoms with van der Waals surface area (Å²) in [6.07, 6.45) is -9.36. The van der Waals surface area contributed by atoms with Crippen molar-refractivity contribution in [3.8, 4) is 6.26 Å². The molecule has 0 saturated carbocycles. The third-order valence-electron chi connectivity index (χ3n) is 2.58. The van der Waals surface area contributed by atoms with Gasteiger partial charge in [-0.05, 0) is 0 Å². The molecule has 142 valence electrons. The molecule has 0 bridgehead atoms. The van der Waals surface area contributed by atoms with E-state index in [2.05, 4.69) is 4.74 Å². The van der Waals surface area contributed by atoms with E-state index in [0.29, 0.717) is 6.26 Å². The number of rotatable bonds is 7. The van der Waals surface area contributed by atoms with Crippen LogP contribution in [0.2, 0.25) is 0 Å². The van der Waals surface area contributed by atoms with Gasteiger partial charge in [0.25, 0.3) is 6.26 Å². The fraction of sp³-hybridized carbons (Fsp3) is 0.889. The van der Waals surface area contributed by atoms with E-state index in [-0.39, 0.29) is 0 Å². The van der Waals surface area contributed by atoms with Crippen molar-refractivity contribution in [3.63, 3.8) is 0 Å². The van der Waals surface area contributed by atoms with Gasteiger partial charge in [0.1, 0.15) is 6.61 Å². The largest absolute Gasteiger partial charge is 0.460 e. The Morgan fingerprint density at radius 3 is 1.33 bits per heavy atom. The predicted octanol–water partition coefficient (Wildman–Crippen LogP) is 4.61. The van der Waals surface area contributed by atoms with E-state index in [1.54, 1.807) is 0 Å². The van der Waals surface area contributed by atoms with Gasteiger partial charge in [-0.3, -0.25) is 0 Å². The van der Waals surface area contributed by atoms with E-state index >= 15 is 0 Å². The van der Waals surface area contributed by atoms with Crippen molar-refractivity contribution in [3.05, 3.63) is 0 Å². The van der Waals surface area contributed by atoms with E-state index in [1.807, 2.05) is 0 Å². The van der Waals surface area contributed by atoms with Gasteiger partial charge < -0.3 is 4.74 Å². The molecule has 0 amide bonds. The lowest BCUT2D eigenvalue weighted by Gasteiger charge is -2.39. The first-order valence-electron chi connectivity index (χ1n) is 5.28. The minimum atomic E-state index is -7.92. The second-order valence-electron chi connectivity index (χ2n) is 4.19. The molecule has 0 aliphatic rings. The summed E-state index contributed by atoms with van der Waals surface area (Å²) in [5.41, 5.74) is 0. The minimum Gasteiger partial charge on any atom is -0.427 e. The van der Waals surface area contributed by atoms with Crippen molar-refractivity contribution in [2.75, 3.05) is 6.61 Å². The van der Waals surface area contributed by atoms with Crippen LogP contribution in [-0.2, 0) is 4.74 Å². The highest BCUT2D eigenvalue weighted by Crippen LogP contribution is 2.60. The normalized spacial score (nSPS) is 15.2. The molecule has 15 heteroatoms. The molecule has 0 fully saturated rings. The van der Waals surface area contributed by atoms with Crippen molar-refractivity contribution in [2.45, 2.75) is 42.2 Å². The van der Waals surface area contributed by atoms with E-state index in [4.69, 9.17) is 5.26 Å². The van der Waals surface area contributed by atoms with E-state index in [1.165, 1.54) is 0 Å². The van der Waals surface area contributed by atoms with Crippen LogP contribution in [0.25, 0.3) is 0 Å². The first-order chi connectivity index (χ1) is 10.3. The van der Waals surface area contributed by atoms with Crippen LogP contribution in [0, 0.1) is 11.5 Å². The lowest BCUT2D eigenvalue weighted by Crippen LogP contribution is -2.70. The average Bonchev–Trinajstić information content (AvgIpc) is 2.36. The van der Waals surface area contributed by atoms with Gasteiger partial charge >= 0.3 is 35.8 Å². The summed E-state index contributed by atoms with van der Waals surface area (Å²) < 4.78 is 167. The molecule has 0 rings (SSSR count). The molecule has 0 saturated heterocycles. The Labute approximate surface area is 123 Å². The summed E-state index contributed by atoms with van der Waals surface area (Å²) in [6, 6.07) is 0. The Balaban J connectivity index is 5.97. The monoisotopic (exact) mass is 389 g/mol. The lowest BCUT2D eigenvalue weighted by atomic mass is 9.93. The van der Waals surface area contributed by atoms with Crippen LogP contribution in [0.5, 0.6) is 0 Å². The Bertz CT molecular complexity index is 489. The van der Waals surface area contributed by atoms with Crippen molar-refractivity contribution >= 4 is 0 Å². The second kappa shape index (κ2) is 6.03. The Hall–Kier alpha value is -1.62. The van der Waals surface area contributed by atoms with Crippen LogP contribution < -0.4 is 0 Å². The standard InChI is InChI=1S/C9H4F13NO/c10-4(11,1-2-24-3-23)5(12,13)6(14,15)7(16,17)8(18,19)9(20,21)22/h1-2H2. The van der Waals surface area contributed by atoms with Crippen LogP contribution in [0.3, 0.4) is 0 Å². The van der Waals surface area contributed by atoms with Gasteiger partial charge in [0.15, 0.2) is 0 Å². The third-order valence-corrected chi connectivity index (χ3v) is 2.58. The smallest absolute Gasteiger partial charge is 0.427 e. The van der Waals surface area contributed by atoms with Crippen LogP contribution >= 0.6 is 0 Å². The predicted molar refractivity (Wildman–Crippen MR) is 47.0 cm³/mol. The molecule has 2 nitrogen and oxygen atoms in total. The SMILES string of the molecule is N#COCCC(F)(F)C(F)(F)C(F)(F)C(F)(F)C(F)(F)C(F)(F)F. The van der Waals surface area contributed by atoms with Crippen molar-refractivity contribution in [1.29, 1.82) is 5.26 Å². The lowest BCUT2D eigenvalue weighted by molar-refractivity contribution is -0.440. The molecular formula is C9H4F13NO. The number of nitrogens with zero attached hydrogens (tertiary/aromatic N) is 1. The molecular weight excluding hydrogens is 385 g/mol. The first kappa shape index (κ1) is 22.4. The summed E-state index contributed by atoms with van der Waals surface area (Å²) in [5, 5.41) is 7.75. The fourth-order valence-electron chi connectivity index (χ4n) is 1.18. The summed E-state index contributed by atoms with van der Waals surface area (Å²) >= 11 is 0. The summed E-state index contributed by atoms with van der Waals surface area (Å²) in [7, 11) is 0. The molecule has 0 unspecified atom stereocenters. The molecule has 0 aromatic heterocycles. The quantitative estimate of drug-likeness (QED) is 0.362. The van der Waals surface area contributed by atoms with Gasteiger partial charge in [-0.2, -0.15) is 62.3 Å². The topological polar surface area (TPSA) is 33.0 Å². The first-order valence-corrected chi connectivity index (χ1v) is 5.28.